The van der Waals surface area contributed by atoms with Gasteiger partial charge < -0.3 is 9.72 Å². The number of imidazole rings is 1. The summed E-state index contributed by atoms with van der Waals surface area (Å²) in [6, 6.07) is 0.439. The van der Waals surface area contributed by atoms with Crippen LogP contribution in [0.1, 0.15) is 45.1 Å². The number of nitrogens with zero attached hydrogens (tertiary/aromatic N) is 3. The standard InChI is InChI=1S/C14H20N4OS/c1-3-9-5-4-6-10(7-9)18-12-11(17-14(18)20)13(19-2)16-8-15-12/h8-10H,3-7H2,1-2H3,(H,17,20). The van der Waals surface area contributed by atoms with Crippen molar-refractivity contribution in [3.05, 3.63) is 11.1 Å². The average Bonchev–Trinajstić information content (AvgIpc) is 2.83. The normalized spacial score (nSPS) is 23.1. The molecule has 0 aromatic carbocycles. The van der Waals surface area contributed by atoms with Crippen LogP contribution in [0.2, 0.25) is 0 Å². The van der Waals surface area contributed by atoms with Crippen molar-refractivity contribution in [2.45, 2.75) is 45.1 Å². The summed E-state index contributed by atoms with van der Waals surface area (Å²) in [5.74, 6) is 1.35. The van der Waals surface area contributed by atoms with E-state index in [9.17, 15) is 0 Å². The fraction of sp³-hybridized carbons (Fsp3) is 0.643. The Morgan fingerprint density at radius 1 is 1.45 bits per heavy atom. The van der Waals surface area contributed by atoms with Crippen molar-refractivity contribution < 1.29 is 4.74 Å². The highest BCUT2D eigenvalue weighted by Crippen LogP contribution is 2.36. The number of aromatic amines is 1. The molecule has 20 heavy (non-hydrogen) atoms. The van der Waals surface area contributed by atoms with Crippen LogP contribution in [0.5, 0.6) is 5.88 Å². The molecule has 108 valence electrons. The van der Waals surface area contributed by atoms with E-state index in [1.165, 1.54) is 32.1 Å². The monoisotopic (exact) mass is 292 g/mol. The lowest BCUT2D eigenvalue weighted by Crippen LogP contribution is -2.19. The minimum Gasteiger partial charge on any atom is -0.479 e. The van der Waals surface area contributed by atoms with E-state index < -0.39 is 0 Å². The highest BCUT2D eigenvalue weighted by molar-refractivity contribution is 7.71. The largest absolute Gasteiger partial charge is 0.479 e. The first-order chi connectivity index (χ1) is 9.74. The van der Waals surface area contributed by atoms with Gasteiger partial charge in [0.15, 0.2) is 10.4 Å². The number of aromatic nitrogens is 4. The number of methoxy groups -OCH3 is 1. The first kappa shape index (κ1) is 13.5. The second kappa shape index (κ2) is 5.52. The lowest BCUT2D eigenvalue weighted by Gasteiger charge is -2.29. The predicted octanol–water partition coefficient (Wildman–Crippen LogP) is 3.64. The van der Waals surface area contributed by atoms with E-state index in [1.807, 2.05) is 0 Å². The van der Waals surface area contributed by atoms with Crippen LogP contribution in [0.15, 0.2) is 6.33 Å². The molecule has 0 spiro atoms. The molecule has 0 aliphatic heterocycles. The Morgan fingerprint density at radius 2 is 2.30 bits per heavy atom. The van der Waals surface area contributed by atoms with Gasteiger partial charge in [-0.3, -0.25) is 4.57 Å². The smallest absolute Gasteiger partial charge is 0.242 e. The summed E-state index contributed by atoms with van der Waals surface area (Å²) in [5.41, 5.74) is 1.67. The Hall–Kier alpha value is -1.43. The molecule has 0 bridgehead atoms. The minimum absolute atomic E-state index is 0.439. The first-order valence-corrected chi connectivity index (χ1v) is 7.64. The zero-order valence-corrected chi connectivity index (χ0v) is 12.7. The summed E-state index contributed by atoms with van der Waals surface area (Å²) in [5, 5.41) is 0. The predicted molar refractivity (Wildman–Crippen MR) is 80.6 cm³/mol. The van der Waals surface area contributed by atoms with Gasteiger partial charge in [0.25, 0.3) is 0 Å². The molecule has 1 saturated carbocycles. The van der Waals surface area contributed by atoms with Crippen LogP contribution >= 0.6 is 12.2 Å². The third-order valence-electron chi connectivity index (χ3n) is 4.36. The maximum Gasteiger partial charge on any atom is 0.242 e. The van der Waals surface area contributed by atoms with Gasteiger partial charge in [0.2, 0.25) is 5.88 Å². The molecule has 6 heteroatoms. The van der Waals surface area contributed by atoms with Crippen molar-refractivity contribution in [2.24, 2.45) is 5.92 Å². The van der Waals surface area contributed by atoms with E-state index >= 15 is 0 Å². The van der Waals surface area contributed by atoms with E-state index in [4.69, 9.17) is 17.0 Å². The quantitative estimate of drug-likeness (QED) is 0.878. The molecule has 1 N–H and O–H groups in total. The lowest BCUT2D eigenvalue weighted by atomic mass is 9.84. The molecule has 0 radical (unpaired) electrons. The Bertz CT molecular complexity index is 663. The van der Waals surface area contributed by atoms with Crippen LogP contribution in [0.4, 0.5) is 0 Å². The Balaban J connectivity index is 2.07. The Morgan fingerprint density at radius 3 is 3.05 bits per heavy atom. The molecule has 3 rings (SSSR count). The number of hydrogen-bond donors (Lipinski definition) is 1. The van der Waals surface area contributed by atoms with Crippen molar-refractivity contribution in [3.8, 4) is 5.88 Å². The van der Waals surface area contributed by atoms with Gasteiger partial charge in [-0.2, -0.15) is 4.98 Å². The van der Waals surface area contributed by atoms with Crippen LogP contribution in [0.3, 0.4) is 0 Å². The number of fused-ring (bicyclic) bond motifs is 1. The second-order valence-corrected chi connectivity index (χ2v) is 5.86. The Labute approximate surface area is 123 Å². The van der Waals surface area contributed by atoms with E-state index in [-0.39, 0.29) is 0 Å². The molecule has 1 fully saturated rings. The van der Waals surface area contributed by atoms with Gasteiger partial charge in [-0.25, -0.2) is 4.98 Å². The van der Waals surface area contributed by atoms with E-state index in [0.29, 0.717) is 11.9 Å². The summed E-state index contributed by atoms with van der Waals surface area (Å²) in [7, 11) is 1.61. The van der Waals surface area contributed by atoms with Gasteiger partial charge in [-0.15, -0.1) is 0 Å². The number of rotatable bonds is 3. The fourth-order valence-electron chi connectivity index (χ4n) is 3.28. The van der Waals surface area contributed by atoms with Crippen molar-refractivity contribution in [1.82, 2.24) is 19.5 Å². The summed E-state index contributed by atoms with van der Waals surface area (Å²) < 4.78 is 8.17. The van der Waals surface area contributed by atoms with Crippen molar-refractivity contribution in [2.75, 3.05) is 7.11 Å². The molecule has 0 amide bonds. The summed E-state index contributed by atoms with van der Waals surface area (Å²) in [6.45, 7) is 2.27. The molecule has 1 aliphatic carbocycles. The third kappa shape index (κ3) is 2.22. The molecule has 2 heterocycles. The van der Waals surface area contributed by atoms with Crippen molar-refractivity contribution in [1.29, 1.82) is 0 Å². The molecular weight excluding hydrogens is 272 g/mol. The SMILES string of the molecule is CCC1CCCC(n2c(=S)[nH]c3c(OC)ncnc32)C1. The molecule has 2 aromatic heterocycles. The van der Waals surface area contributed by atoms with E-state index in [2.05, 4.69) is 26.4 Å². The molecule has 2 aromatic rings. The van der Waals surface area contributed by atoms with Gasteiger partial charge in [0, 0.05) is 6.04 Å². The summed E-state index contributed by atoms with van der Waals surface area (Å²) in [4.78, 5) is 11.7. The maximum atomic E-state index is 5.50. The molecule has 1 aliphatic rings. The zero-order chi connectivity index (χ0) is 14.1. The van der Waals surface area contributed by atoms with E-state index in [0.717, 1.165) is 21.9 Å². The van der Waals surface area contributed by atoms with Gasteiger partial charge in [0.05, 0.1) is 7.11 Å². The minimum atomic E-state index is 0.439. The zero-order valence-electron chi connectivity index (χ0n) is 11.9. The third-order valence-corrected chi connectivity index (χ3v) is 4.66. The molecular formula is C14H20N4OS. The second-order valence-electron chi connectivity index (χ2n) is 5.48. The first-order valence-electron chi connectivity index (χ1n) is 7.23. The Kier molecular flexibility index (Phi) is 3.74. The van der Waals surface area contributed by atoms with Crippen LogP contribution < -0.4 is 4.74 Å². The van der Waals surface area contributed by atoms with Gasteiger partial charge in [-0.05, 0) is 31.0 Å². The number of ether oxygens (including phenoxy) is 1. The fourth-order valence-corrected chi connectivity index (χ4v) is 3.62. The molecule has 5 nitrogen and oxygen atoms in total. The highest BCUT2D eigenvalue weighted by atomic mass is 32.1. The topological polar surface area (TPSA) is 55.7 Å². The average molecular weight is 292 g/mol. The molecule has 0 saturated heterocycles. The van der Waals surface area contributed by atoms with Crippen LogP contribution in [-0.4, -0.2) is 26.6 Å². The van der Waals surface area contributed by atoms with Crippen LogP contribution in [0, 0.1) is 10.7 Å². The summed E-state index contributed by atoms with van der Waals surface area (Å²) >= 11 is 5.50. The van der Waals surface area contributed by atoms with E-state index in [1.54, 1.807) is 13.4 Å². The van der Waals surface area contributed by atoms with Crippen LogP contribution in [-0.2, 0) is 0 Å². The molecule has 2 atom stereocenters. The number of nitrogens with one attached hydrogen (secondary N) is 1. The maximum absolute atomic E-state index is 5.50. The lowest BCUT2D eigenvalue weighted by molar-refractivity contribution is 0.263. The number of hydrogen-bond acceptors (Lipinski definition) is 4. The number of H-pyrrole nitrogens is 1. The van der Waals surface area contributed by atoms with Crippen molar-refractivity contribution in [3.63, 3.8) is 0 Å². The van der Waals surface area contributed by atoms with Gasteiger partial charge in [-0.1, -0.05) is 26.2 Å². The van der Waals surface area contributed by atoms with Crippen molar-refractivity contribution >= 4 is 23.4 Å². The van der Waals surface area contributed by atoms with Crippen LogP contribution in [0.25, 0.3) is 11.2 Å². The summed E-state index contributed by atoms with van der Waals surface area (Å²) in [6.07, 6.45) is 7.74. The van der Waals surface area contributed by atoms with Gasteiger partial charge >= 0.3 is 0 Å². The van der Waals surface area contributed by atoms with Gasteiger partial charge in [0.1, 0.15) is 11.8 Å². The highest BCUT2D eigenvalue weighted by Gasteiger charge is 2.25. The molecule has 2 unspecified atom stereocenters.